The maximum atomic E-state index is 6.07. The number of rotatable bonds is 2. The van der Waals surface area contributed by atoms with Crippen LogP contribution in [-0.4, -0.2) is 29.7 Å². The van der Waals surface area contributed by atoms with Crippen LogP contribution in [0.3, 0.4) is 0 Å². The molecule has 1 saturated heterocycles. The van der Waals surface area contributed by atoms with Gasteiger partial charge in [0.1, 0.15) is 0 Å². The lowest BCUT2D eigenvalue weighted by Gasteiger charge is -2.47. The molecule has 16 heavy (non-hydrogen) atoms. The lowest BCUT2D eigenvalue weighted by molar-refractivity contribution is -0.310. The van der Waals surface area contributed by atoms with Crippen LogP contribution in [0.4, 0.5) is 0 Å². The van der Waals surface area contributed by atoms with Gasteiger partial charge in [0.25, 0.3) is 0 Å². The zero-order valence-corrected chi connectivity index (χ0v) is 13.0. The first-order valence-electron chi connectivity index (χ1n) is 6.04. The molecule has 0 aromatic rings. The molecule has 1 saturated carbocycles. The van der Waals surface area contributed by atoms with Crippen molar-refractivity contribution in [3.63, 3.8) is 0 Å². The molecule has 2 rings (SSSR count). The van der Waals surface area contributed by atoms with E-state index in [9.17, 15) is 0 Å². The van der Waals surface area contributed by atoms with E-state index in [-0.39, 0.29) is 11.2 Å². The summed E-state index contributed by atoms with van der Waals surface area (Å²) in [6, 6.07) is 0. The first-order valence-corrected chi connectivity index (χ1v) is 8.28. The summed E-state index contributed by atoms with van der Waals surface area (Å²) < 4.78 is 12.1. The van der Waals surface area contributed by atoms with Crippen molar-refractivity contribution in [1.82, 2.24) is 0 Å². The fourth-order valence-corrected chi connectivity index (χ4v) is 3.91. The molecular formula is C12H20Br2O2. The van der Waals surface area contributed by atoms with Crippen molar-refractivity contribution in [3.05, 3.63) is 0 Å². The highest BCUT2D eigenvalue weighted by molar-refractivity contribution is 9.09. The predicted molar refractivity (Wildman–Crippen MR) is 72.3 cm³/mol. The number of ether oxygens (including phenoxy) is 2. The van der Waals surface area contributed by atoms with E-state index >= 15 is 0 Å². The topological polar surface area (TPSA) is 18.5 Å². The zero-order valence-electron chi connectivity index (χ0n) is 9.81. The molecular weight excluding hydrogens is 336 g/mol. The Hall–Kier alpha value is 0.880. The minimum Gasteiger partial charge on any atom is -0.349 e. The Balaban J connectivity index is 1.93. The fourth-order valence-electron chi connectivity index (χ4n) is 2.33. The predicted octanol–water partition coefficient (Wildman–Crippen LogP) is 3.72. The maximum Gasteiger partial charge on any atom is 0.168 e. The normalized spacial score (nSPS) is 29.4. The van der Waals surface area contributed by atoms with Crippen LogP contribution in [0.15, 0.2) is 0 Å². The van der Waals surface area contributed by atoms with Crippen LogP contribution in [0, 0.1) is 11.3 Å². The molecule has 1 spiro atoms. The van der Waals surface area contributed by atoms with Crippen LogP contribution in [0.1, 0.15) is 32.6 Å². The summed E-state index contributed by atoms with van der Waals surface area (Å²) in [5.41, 5.74) is 0.119. The summed E-state index contributed by atoms with van der Waals surface area (Å²) in [7, 11) is 0. The van der Waals surface area contributed by atoms with Crippen molar-refractivity contribution in [2.45, 2.75) is 38.4 Å². The van der Waals surface area contributed by atoms with Crippen LogP contribution in [-0.2, 0) is 9.47 Å². The number of hydrogen-bond acceptors (Lipinski definition) is 2. The van der Waals surface area contributed by atoms with E-state index in [2.05, 4.69) is 38.8 Å². The Labute approximate surface area is 115 Å². The van der Waals surface area contributed by atoms with Crippen LogP contribution in [0.2, 0.25) is 0 Å². The van der Waals surface area contributed by atoms with Crippen molar-refractivity contribution in [1.29, 1.82) is 0 Å². The summed E-state index contributed by atoms with van der Waals surface area (Å²) in [6.45, 7) is 3.92. The molecule has 0 amide bonds. The minimum absolute atomic E-state index is 0.119. The third kappa shape index (κ3) is 2.65. The zero-order chi connectivity index (χ0) is 11.6. The monoisotopic (exact) mass is 354 g/mol. The van der Waals surface area contributed by atoms with Gasteiger partial charge in [-0.25, -0.2) is 0 Å². The molecule has 0 aromatic heterocycles. The first kappa shape index (κ1) is 13.3. The largest absolute Gasteiger partial charge is 0.349 e. The second kappa shape index (κ2) is 5.25. The Morgan fingerprint density at radius 2 is 1.56 bits per heavy atom. The number of hydrogen-bond donors (Lipinski definition) is 0. The maximum absolute atomic E-state index is 6.07. The molecule has 0 atom stereocenters. The average Bonchev–Trinajstić information content (AvgIpc) is 2.35. The van der Waals surface area contributed by atoms with Crippen molar-refractivity contribution in [3.8, 4) is 0 Å². The molecule has 1 aliphatic heterocycles. The Kier molecular flexibility index (Phi) is 4.37. The molecule has 1 heterocycles. The second-order valence-electron chi connectivity index (χ2n) is 5.44. The third-order valence-electron chi connectivity index (χ3n) is 3.89. The van der Waals surface area contributed by atoms with E-state index in [4.69, 9.17) is 9.47 Å². The quantitative estimate of drug-likeness (QED) is 0.703. The van der Waals surface area contributed by atoms with Gasteiger partial charge in [0, 0.05) is 28.9 Å². The van der Waals surface area contributed by atoms with E-state index in [1.807, 2.05) is 0 Å². The summed E-state index contributed by atoms with van der Waals surface area (Å²) in [4.78, 5) is 0. The van der Waals surface area contributed by atoms with Gasteiger partial charge in [-0.05, 0) is 18.8 Å². The lowest BCUT2D eigenvalue weighted by atomic mass is 9.84. The minimum atomic E-state index is -0.250. The molecule has 2 fully saturated rings. The molecule has 2 aliphatic rings. The molecule has 0 aromatic carbocycles. The van der Waals surface area contributed by atoms with Gasteiger partial charge in [0.05, 0.1) is 13.2 Å². The average molecular weight is 356 g/mol. The Morgan fingerprint density at radius 3 is 2.00 bits per heavy atom. The van der Waals surface area contributed by atoms with Crippen molar-refractivity contribution >= 4 is 31.9 Å². The van der Waals surface area contributed by atoms with Gasteiger partial charge in [0.15, 0.2) is 5.79 Å². The smallest absolute Gasteiger partial charge is 0.168 e. The second-order valence-corrected chi connectivity index (χ2v) is 6.56. The Morgan fingerprint density at radius 1 is 1.06 bits per heavy atom. The fraction of sp³-hybridized carbons (Fsp3) is 1.00. The highest BCUT2D eigenvalue weighted by Gasteiger charge is 2.45. The van der Waals surface area contributed by atoms with Crippen molar-refractivity contribution in [2.24, 2.45) is 11.3 Å². The molecule has 1 aliphatic carbocycles. The van der Waals surface area contributed by atoms with Crippen LogP contribution >= 0.6 is 31.9 Å². The van der Waals surface area contributed by atoms with Crippen LogP contribution in [0.25, 0.3) is 0 Å². The molecule has 0 unspecified atom stereocenters. The standard InChI is InChI=1S/C12H20Br2O2/c1-10-2-4-12(5-3-10)15-8-11(6-13,7-14)9-16-12/h10H,2-9H2,1H3. The van der Waals surface area contributed by atoms with Gasteiger partial charge in [-0.15, -0.1) is 0 Å². The molecule has 0 bridgehead atoms. The molecule has 2 nitrogen and oxygen atoms in total. The van der Waals surface area contributed by atoms with E-state index in [1.165, 1.54) is 12.8 Å². The van der Waals surface area contributed by atoms with E-state index < -0.39 is 0 Å². The SMILES string of the molecule is CC1CCC2(CC1)OCC(CBr)(CBr)CO2. The van der Waals surface area contributed by atoms with Gasteiger partial charge in [-0.1, -0.05) is 38.8 Å². The highest BCUT2D eigenvalue weighted by Crippen LogP contribution is 2.42. The highest BCUT2D eigenvalue weighted by atomic mass is 79.9. The summed E-state index contributed by atoms with van der Waals surface area (Å²) in [5.74, 6) is 0.581. The van der Waals surface area contributed by atoms with Gasteiger partial charge < -0.3 is 9.47 Å². The molecule has 94 valence electrons. The van der Waals surface area contributed by atoms with Gasteiger partial charge >= 0.3 is 0 Å². The third-order valence-corrected chi connectivity index (χ3v) is 6.26. The van der Waals surface area contributed by atoms with Gasteiger partial charge in [-0.3, -0.25) is 0 Å². The Bertz CT molecular complexity index is 221. The van der Waals surface area contributed by atoms with E-state index in [0.29, 0.717) is 0 Å². The van der Waals surface area contributed by atoms with Crippen molar-refractivity contribution in [2.75, 3.05) is 23.9 Å². The number of alkyl halides is 2. The van der Waals surface area contributed by atoms with Gasteiger partial charge in [0.2, 0.25) is 0 Å². The summed E-state index contributed by atoms with van der Waals surface area (Å²) >= 11 is 7.12. The summed E-state index contributed by atoms with van der Waals surface area (Å²) in [5, 5.41) is 1.86. The molecule has 0 radical (unpaired) electrons. The number of halogens is 2. The summed E-state index contributed by atoms with van der Waals surface area (Å²) in [6.07, 6.45) is 4.59. The van der Waals surface area contributed by atoms with Crippen LogP contribution < -0.4 is 0 Å². The molecule has 4 heteroatoms. The molecule has 0 N–H and O–H groups in total. The van der Waals surface area contributed by atoms with Gasteiger partial charge in [-0.2, -0.15) is 0 Å². The van der Waals surface area contributed by atoms with Crippen LogP contribution in [0.5, 0.6) is 0 Å². The first-order chi connectivity index (χ1) is 7.64. The van der Waals surface area contributed by atoms with Crippen molar-refractivity contribution < 1.29 is 9.47 Å². The lowest BCUT2D eigenvalue weighted by Crippen LogP contribution is -2.52. The van der Waals surface area contributed by atoms with E-state index in [0.717, 1.165) is 42.6 Å². The van der Waals surface area contributed by atoms with E-state index in [1.54, 1.807) is 0 Å².